The lowest BCUT2D eigenvalue weighted by molar-refractivity contribution is 0.590. The largest absolute Gasteiger partial charge is 0.311 e. The van der Waals surface area contributed by atoms with E-state index in [2.05, 4.69) is 310 Å². The summed E-state index contributed by atoms with van der Waals surface area (Å²) in [6, 6.07) is 106. The summed E-state index contributed by atoms with van der Waals surface area (Å²) < 4.78 is 5.28. The molecular weight excluding hydrogens is 1090 g/mol. The van der Waals surface area contributed by atoms with Crippen LogP contribution in [0.2, 0.25) is 0 Å². The van der Waals surface area contributed by atoms with Gasteiger partial charge < -0.3 is 9.80 Å². The van der Waals surface area contributed by atoms with Crippen molar-refractivity contribution in [3.05, 3.63) is 285 Å². The van der Waals surface area contributed by atoms with Crippen molar-refractivity contribution < 1.29 is 0 Å². The number of benzene rings is 14. The Morgan fingerprint density at radius 3 is 1.40 bits per heavy atom. The maximum atomic E-state index is 2.70. The Balaban J connectivity index is 0.985. The molecule has 2 aliphatic rings. The Hall–Kier alpha value is -10.0. The molecule has 4 heterocycles. The van der Waals surface area contributed by atoms with Crippen LogP contribution in [0.15, 0.2) is 279 Å². The minimum Gasteiger partial charge on any atom is -0.311 e. The molecular formula is C82H55BN2S2. The van der Waals surface area contributed by atoms with Crippen LogP contribution in [0.4, 0.5) is 34.1 Å². The first-order valence-corrected chi connectivity index (χ1v) is 31.9. The lowest BCUT2D eigenvalue weighted by Gasteiger charge is -2.45. The molecule has 0 saturated heterocycles. The number of nitrogens with zero attached hydrogens (tertiary/aromatic N) is 2. The van der Waals surface area contributed by atoms with E-state index in [1.807, 2.05) is 22.7 Å². The van der Waals surface area contributed by atoms with Gasteiger partial charge in [-0.1, -0.05) is 251 Å². The lowest BCUT2D eigenvalue weighted by atomic mass is 9.36. The fraction of sp³-hybridized carbons (Fsp3) is 0.0488. The highest BCUT2D eigenvalue weighted by atomic mass is 32.1. The quantitative estimate of drug-likeness (QED) is 0.121. The monoisotopic (exact) mass is 1140 g/mol. The molecule has 5 heteroatoms. The summed E-state index contributed by atoms with van der Waals surface area (Å²) in [7, 11) is 0. The summed E-state index contributed by atoms with van der Waals surface area (Å²) in [5, 5.41) is 13.8. The summed E-state index contributed by atoms with van der Waals surface area (Å²) in [5.41, 5.74) is 20.6. The molecule has 0 saturated carbocycles. The van der Waals surface area contributed by atoms with Crippen LogP contribution in [0.3, 0.4) is 0 Å². The van der Waals surface area contributed by atoms with E-state index in [1.165, 1.54) is 168 Å². The Morgan fingerprint density at radius 2 is 0.782 bits per heavy atom. The van der Waals surface area contributed by atoms with Crippen molar-refractivity contribution in [1.82, 2.24) is 0 Å². The predicted molar refractivity (Wildman–Crippen MR) is 379 cm³/mol. The molecule has 0 atom stereocenters. The zero-order valence-corrected chi connectivity index (χ0v) is 50.0. The van der Waals surface area contributed by atoms with Gasteiger partial charge in [0.25, 0.3) is 6.71 Å². The van der Waals surface area contributed by atoms with E-state index in [9.17, 15) is 0 Å². The van der Waals surface area contributed by atoms with Crippen LogP contribution in [-0.4, -0.2) is 6.71 Å². The van der Waals surface area contributed by atoms with Gasteiger partial charge in [0.15, 0.2) is 0 Å². The molecule has 2 aliphatic heterocycles. The van der Waals surface area contributed by atoms with Gasteiger partial charge in [-0.05, 0) is 147 Å². The summed E-state index contributed by atoms with van der Waals surface area (Å²) in [5.74, 6) is 0. The van der Waals surface area contributed by atoms with Crippen molar-refractivity contribution in [3.63, 3.8) is 0 Å². The van der Waals surface area contributed by atoms with Crippen LogP contribution >= 0.6 is 22.7 Å². The fourth-order valence-corrected chi connectivity index (χ4v) is 17.3. The van der Waals surface area contributed by atoms with Crippen LogP contribution in [-0.2, 0) is 5.41 Å². The van der Waals surface area contributed by atoms with Gasteiger partial charge in [0.2, 0.25) is 0 Å². The fourth-order valence-electron chi connectivity index (χ4n) is 14.9. The number of anilines is 6. The van der Waals surface area contributed by atoms with Crippen molar-refractivity contribution in [3.8, 4) is 44.5 Å². The van der Waals surface area contributed by atoms with E-state index in [0.29, 0.717) is 0 Å². The van der Waals surface area contributed by atoms with Gasteiger partial charge in [-0.2, -0.15) is 0 Å². The van der Waals surface area contributed by atoms with Crippen molar-refractivity contribution in [1.29, 1.82) is 0 Å². The van der Waals surface area contributed by atoms with Crippen LogP contribution in [0.25, 0.3) is 118 Å². The number of para-hydroxylation sites is 2. The highest BCUT2D eigenvalue weighted by Gasteiger charge is 2.47. The van der Waals surface area contributed by atoms with Crippen molar-refractivity contribution in [2.24, 2.45) is 0 Å². The summed E-state index contributed by atoms with van der Waals surface area (Å²) in [6.07, 6.45) is 0. The van der Waals surface area contributed by atoms with E-state index >= 15 is 0 Å². The maximum absolute atomic E-state index is 2.70. The van der Waals surface area contributed by atoms with Gasteiger partial charge in [-0.3, -0.25) is 0 Å². The molecule has 18 rings (SSSR count). The third kappa shape index (κ3) is 7.59. The van der Waals surface area contributed by atoms with Crippen molar-refractivity contribution in [2.45, 2.75) is 26.2 Å². The Bertz CT molecular complexity index is 5480. The zero-order chi connectivity index (χ0) is 57.6. The van der Waals surface area contributed by atoms with Crippen LogP contribution < -0.4 is 25.5 Å². The summed E-state index contributed by atoms with van der Waals surface area (Å²) in [4.78, 5) is 5.38. The molecule has 16 aromatic rings. The summed E-state index contributed by atoms with van der Waals surface area (Å²) >= 11 is 3.90. The third-order valence-electron chi connectivity index (χ3n) is 18.8. The first kappa shape index (κ1) is 50.3. The number of fused-ring (bicyclic) bond motifs is 13. The Kier molecular flexibility index (Phi) is 11.1. The lowest BCUT2D eigenvalue weighted by Crippen LogP contribution is -2.60. The highest BCUT2D eigenvalue weighted by Crippen LogP contribution is 2.55. The van der Waals surface area contributed by atoms with Crippen LogP contribution in [0.5, 0.6) is 0 Å². The number of hydrogen-bond donors (Lipinski definition) is 0. The Labute approximate surface area is 514 Å². The van der Waals surface area contributed by atoms with E-state index in [0.717, 1.165) is 5.69 Å². The van der Waals surface area contributed by atoms with Gasteiger partial charge in [-0.15, -0.1) is 22.7 Å². The molecule has 0 bridgehead atoms. The maximum Gasteiger partial charge on any atom is 0.264 e. The summed E-state index contributed by atoms with van der Waals surface area (Å²) in [6.45, 7) is 7.06. The molecule has 2 nitrogen and oxygen atoms in total. The molecule has 0 aliphatic carbocycles. The van der Waals surface area contributed by atoms with Gasteiger partial charge in [0.05, 0.1) is 17.1 Å². The minimum atomic E-state index is -0.233. The number of rotatable bonds is 6. The molecule has 14 aromatic carbocycles. The first-order valence-electron chi connectivity index (χ1n) is 30.3. The topological polar surface area (TPSA) is 6.48 Å². The number of hydrogen-bond acceptors (Lipinski definition) is 4. The average Bonchev–Trinajstić information content (AvgIpc) is 1.70. The molecule has 408 valence electrons. The zero-order valence-electron chi connectivity index (χ0n) is 48.3. The van der Waals surface area contributed by atoms with Crippen molar-refractivity contribution in [2.75, 3.05) is 9.80 Å². The van der Waals surface area contributed by atoms with Crippen LogP contribution in [0, 0.1) is 0 Å². The van der Waals surface area contributed by atoms with E-state index in [1.54, 1.807) is 0 Å². The molecule has 0 radical (unpaired) electrons. The molecule has 0 spiro atoms. The first-order chi connectivity index (χ1) is 42.8. The smallest absolute Gasteiger partial charge is 0.264 e. The normalized spacial score (nSPS) is 12.9. The van der Waals surface area contributed by atoms with Gasteiger partial charge in [0.1, 0.15) is 0 Å². The Morgan fingerprint density at radius 1 is 0.310 bits per heavy atom. The second-order valence-corrected chi connectivity index (χ2v) is 26.8. The van der Waals surface area contributed by atoms with Crippen LogP contribution in [0.1, 0.15) is 26.3 Å². The van der Waals surface area contributed by atoms with E-state index < -0.39 is 0 Å². The molecule has 0 fully saturated rings. The molecule has 0 unspecified atom stereocenters. The second kappa shape index (κ2) is 19.2. The molecule has 87 heavy (non-hydrogen) atoms. The standard InChI is InChI=1S/C82H55BN2S2/c1-82(2,3)54-46-72-79-73(47-54)85(70-41-19-16-32-60(70)58-39-22-28-51-24-8-10-30-56(51)58)80-67-49-75-66(61-33-17-20-42-74(61)86-75)48-76(67)87-81(80)83(79)68-44-43-53(45-71(68)84(72)69-40-18-15-31-59(69)57-38-21-27-50-23-7-9-29-55(50)57)78-64-36-13-11-34-62(64)77(52-25-5-4-6-26-52)63-35-12-14-37-65(63)78/h4-49H,1-3H3. The third-order valence-corrected chi connectivity index (χ3v) is 21.1. The molecule has 0 N–H and O–H groups in total. The van der Waals surface area contributed by atoms with E-state index in [4.69, 9.17) is 0 Å². The van der Waals surface area contributed by atoms with Crippen molar-refractivity contribution >= 4 is 153 Å². The molecule has 0 amide bonds. The van der Waals surface area contributed by atoms with Gasteiger partial charge >= 0.3 is 0 Å². The SMILES string of the molecule is CC(C)(C)c1cc2c3c(c1)N(c1ccccc1-c1cccc4ccccc14)c1c(sc4cc5c(cc14)sc1ccccc15)B3c1ccc(-c3c4ccccc4c(-c4ccccc4)c4ccccc34)cc1N2c1ccccc1-c1cccc2ccccc12. The number of thiophene rings is 2. The second-order valence-electron chi connectivity index (χ2n) is 24.6. The van der Waals surface area contributed by atoms with Gasteiger partial charge in [-0.25, -0.2) is 0 Å². The minimum absolute atomic E-state index is 0.105. The van der Waals surface area contributed by atoms with E-state index in [-0.39, 0.29) is 12.1 Å². The molecule has 2 aromatic heterocycles. The predicted octanol–water partition coefficient (Wildman–Crippen LogP) is 21.9. The average molecular weight is 1140 g/mol. The van der Waals surface area contributed by atoms with Gasteiger partial charge in [0, 0.05) is 63.2 Å². The highest BCUT2D eigenvalue weighted by molar-refractivity contribution is 7.34.